The van der Waals surface area contributed by atoms with Gasteiger partial charge >= 0.3 is 23.1 Å². The van der Waals surface area contributed by atoms with Crippen molar-refractivity contribution in [3.8, 4) is 0 Å². The van der Waals surface area contributed by atoms with Crippen LogP contribution in [0.15, 0.2) is 0 Å². The van der Waals surface area contributed by atoms with Crippen molar-refractivity contribution in [1.82, 2.24) is 0 Å². The average molecular weight is 439 g/mol. The van der Waals surface area contributed by atoms with Gasteiger partial charge < -0.3 is 9.11 Å². The van der Waals surface area contributed by atoms with E-state index in [0.29, 0.717) is 12.8 Å². The van der Waals surface area contributed by atoms with E-state index in [1.165, 1.54) is 38.5 Å². The van der Waals surface area contributed by atoms with E-state index < -0.39 is 20.2 Å². The fourth-order valence-corrected chi connectivity index (χ4v) is 3.59. The minimum Gasteiger partial charge on any atom is -0.748 e. The molecule has 0 aliphatic carbocycles. The summed E-state index contributed by atoms with van der Waals surface area (Å²) in [6.07, 6.45) is 14.6. The zero-order chi connectivity index (χ0) is 20.3. The van der Waals surface area contributed by atoms with Crippen LogP contribution in [0.3, 0.4) is 0 Å². The summed E-state index contributed by atoms with van der Waals surface area (Å²) in [5.74, 6) is -0.387. The van der Waals surface area contributed by atoms with Crippen molar-refractivity contribution in [2.24, 2.45) is 0 Å². The van der Waals surface area contributed by atoms with Crippen LogP contribution in [0.25, 0.3) is 0 Å². The largest absolute Gasteiger partial charge is 2.00 e. The molecule has 6 nitrogen and oxygen atoms in total. The molecule has 0 atom stereocenters. The second-order valence-electron chi connectivity index (χ2n) is 6.77. The van der Waals surface area contributed by atoms with E-state index >= 15 is 0 Å². The summed E-state index contributed by atoms with van der Waals surface area (Å²) in [6, 6.07) is 0. The number of rotatable bonds is 16. The van der Waals surface area contributed by atoms with Gasteiger partial charge in [-0.1, -0.05) is 90.9 Å². The van der Waals surface area contributed by atoms with Gasteiger partial charge in [-0.2, -0.15) is 0 Å². The molecule has 0 bridgehead atoms. The molecule has 0 rings (SSSR count). The van der Waals surface area contributed by atoms with Gasteiger partial charge in [-0.25, -0.2) is 16.8 Å². The third-order valence-corrected chi connectivity index (χ3v) is 5.57. The van der Waals surface area contributed by atoms with Gasteiger partial charge in [0.25, 0.3) is 0 Å². The van der Waals surface area contributed by atoms with Gasteiger partial charge in [0.05, 0.1) is 20.2 Å². The van der Waals surface area contributed by atoms with Crippen molar-refractivity contribution < 1.29 is 25.9 Å². The molecule has 0 saturated heterocycles. The van der Waals surface area contributed by atoms with E-state index in [4.69, 9.17) is 0 Å². The Morgan fingerprint density at radius 2 is 0.704 bits per heavy atom. The molecule has 0 heterocycles. The normalized spacial score (nSPS) is 11.4. The zero-order valence-electron chi connectivity index (χ0n) is 17.3. The van der Waals surface area contributed by atoms with E-state index in [0.717, 1.165) is 38.5 Å². The maximum absolute atomic E-state index is 10.2. The van der Waals surface area contributed by atoms with Crippen LogP contribution in [0.5, 0.6) is 0 Å². The Balaban J connectivity index is -0.000000411. The summed E-state index contributed by atoms with van der Waals surface area (Å²) in [4.78, 5) is 0. The van der Waals surface area contributed by atoms with Gasteiger partial charge in [-0.05, 0) is 12.8 Å². The van der Waals surface area contributed by atoms with Gasteiger partial charge in [-0.15, -0.1) is 0 Å². The third-order valence-electron chi connectivity index (χ3n) is 4.00. The fraction of sp³-hybridized carbons (Fsp3) is 1.00. The van der Waals surface area contributed by atoms with Crippen molar-refractivity contribution in [1.29, 1.82) is 0 Å². The first-order chi connectivity index (χ1) is 12.1. The maximum Gasteiger partial charge on any atom is 2.00 e. The second-order valence-corrected chi connectivity index (χ2v) is 9.81. The molecule has 0 spiro atoms. The first kappa shape index (κ1) is 32.3. The van der Waals surface area contributed by atoms with Crippen LogP contribution in [0, 0.1) is 0 Å². The molecule has 9 heteroatoms. The molecular weight excluding hydrogens is 401 g/mol. The molecule has 0 aromatic heterocycles. The van der Waals surface area contributed by atoms with Crippen LogP contribution in [-0.4, -0.2) is 60.5 Å². The first-order valence-electron chi connectivity index (χ1n) is 9.99. The molecule has 0 aliphatic heterocycles. The standard InChI is InChI=1S/2C9H20O3S.Mg/c2*1-2-3-4-5-6-7-8-9-13(10,11)12;/h2*2-9H2,1H3,(H,10,11,12);/q;;+2/p-2. The summed E-state index contributed by atoms with van der Waals surface area (Å²) >= 11 is 0. The smallest absolute Gasteiger partial charge is 0.748 e. The van der Waals surface area contributed by atoms with Crippen LogP contribution < -0.4 is 0 Å². The maximum atomic E-state index is 10.2. The third kappa shape index (κ3) is 37.9. The Kier molecular flexibility index (Phi) is 25.4. The Hall–Kier alpha value is 0.586. The molecule has 0 amide bonds. The molecule has 0 unspecified atom stereocenters. The van der Waals surface area contributed by atoms with Crippen molar-refractivity contribution in [3.05, 3.63) is 0 Å². The molecule has 0 N–H and O–H groups in total. The predicted molar refractivity (Wildman–Crippen MR) is 111 cm³/mol. The fourth-order valence-electron chi connectivity index (χ4n) is 2.47. The summed E-state index contributed by atoms with van der Waals surface area (Å²) in [6.45, 7) is 4.31. The minimum atomic E-state index is -3.97. The Labute approximate surface area is 183 Å². The number of hydrogen-bond acceptors (Lipinski definition) is 6. The van der Waals surface area contributed by atoms with Crippen molar-refractivity contribution in [2.75, 3.05) is 11.5 Å². The van der Waals surface area contributed by atoms with Gasteiger partial charge in [-0.3, -0.25) is 0 Å². The Bertz CT molecular complexity index is 446. The van der Waals surface area contributed by atoms with Crippen LogP contribution in [0.1, 0.15) is 104 Å². The Morgan fingerprint density at radius 1 is 0.481 bits per heavy atom. The van der Waals surface area contributed by atoms with E-state index in [1.54, 1.807) is 0 Å². The quantitative estimate of drug-likeness (QED) is 0.203. The number of hydrogen-bond donors (Lipinski definition) is 0. The summed E-state index contributed by atoms with van der Waals surface area (Å²) < 4.78 is 61.3. The van der Waals surface area contributed by atoms with Gasteiger partial charge in [0.2, 0.25) is 0 Å². The molecular formula is C18H38MgO6S2. The van der Waals surface area contributed by atoms with Crippen LogP contribution in [0.4, 0.5) is 0 Å². The van der Waals surface area contributed by atoms with Gasteiger partial charge in [0.1, 0.15) is 0 Å². The van der Waals surface area contributed by atoms with Crippen LogP contribution in [-0.2, 0) is 20.2 Å². The average Bonchev–Trinajstić information content (AvgIpc) is 2.52. The molecule has 27 heavy (non-hydrogen) atoms. The molecule has 0 saturated carbocycles. The van der Waals surface area contributed by atoms with E-state index in [9.17, 15) is 25.9 Å². The monoisotopic (exact) mass is 438 g/mol. The summed E-state index contributed by atoms with van der Waals surface area (Å²) in [5.41, 5.74) is 0. The van der Waals surface area contributed by atoms with E-state index in [2.05, 4.69) is 13.8 Å². The predicted octanol–water partition coefficient (Wildman–Crippen LogP) is 4.18. The molecule has 0 aromatic rings. The molecule has 0 fully saturated rings. The molecule has 160 valence electrons. The van der Waals surface area contributed by atoms with Crippen molar-refractivity contribution >= 4 is 43.3 Å². The van der Waals surface area contributed by atoms with Crippen LogP contribution in [0.2, 0.25) is 0 Å². The minimum absolute atomic E-state index is 0. The number of unbranched alkanes of at least 4 members (excludes halogenated alkanes) is 12. The van der Waals surface area contributed by atoms with Crippen LogP contribution >= 0.6 is 0 Å². The zero-order valence-corrected chi connectivity index (χ0v) is 20.3. The SMILES string of the molecule is CCCCCCCCCS(=O)(=O)[O-].CCCCCCCCCS(=O)(=O)[O-].[Mg+2]. The Morgan fingerprint density at radius 3 is 0.926 bits per heavy atom. The summed E-state index contributed by atoms with van der Waals surface area (Å²) in [7, 11) is -7.94. The molecule has 0 radical (unpaired) electrons. The van der Waals surface area contributed by atoms with E-state index in [-0.39, 0.29) is 34.6 Å². The van der Waals surface area contributed by atoms with E-state index in [1.807, 2.05) is 0 Å². The second kappa shape index (κ2) is 21.3. The van der Waals surface area contributed by atoms with Gasteiger partial charge in [0, 0.05) is 11.5 Å². The van der Waals surface area contributed by atoms with Gasteiger partial charge in [0.15, 0.2) is 0 Å². The topological polar surface area (TPSA) is 114 Å². The molecule has 0 aromatic carbocycles. The van der Waals surface area contributed by atoms with Crippen molar-refractivity contribution in [2.45, 2.75) is 104 Å². The van der Waals surface area contributed by atoms with Crippen molar-refractivity contribution in [3.63, 3.8) is 0 Å². The molecule has 0 aliphatic rings. The first-order valence-corrected chi connectivity index (χ1v) is 13.1. The summed E-state index contributed by atoms with van der Waals surface area (Å²) in [5, 5.41) is 0.